The van der Waals surface area contributed by atoms with Crippen LogP contribution in [0.3, 0.4) is 0 Å². The van der Waals surface area contributed by atoms with Gasteiger partial charge in [0.1, 0.15) is 22.5 Å². The molecule has 0 saturated heterocycles. The second-order valence-corrected chi connectivity index (χ2v) is 6.05. The number of H-pyrrole nitrogens is 1. The molecule has 0 aliphatic carbocycles. The quantitative estimate of drug-likeness (QED) is 0.525. The zero-order chi connectivity index (χ0) is 13.9. The lowest BCUT2D eigenvalue weighted by Gasteiger charge is -2.19. The van der Waals surface area contributed by atoms with E-state index in [1.807, 2.05) is 20.8 Å². The summed E-state index contributed by atoms with van der Waals surface area (Å²) in [5.41, 5.74) is 0.999. The molecule has 2 heterocycles. The molecule has 2 rings (SSSR count). The van der Waals surface area contributed by atoms with E-state index in [9.17, 15) is 4.79 Å². The summed E-state index contributed by atoms with van der Waals surface area (Å²) >= 11 is 1.49. The highest BCUT2D eigenvalue weighted by atomic mass is 32.2. The molecule has 2 aromatic heterocycles. The Balaban J connectivity index is 1.89. The van der Waals surface area contributed by atoms with Gasteiger partial charge in [-0.1, -0.05) is 0 Å². The summed E-state index contributed by atoms with van der Waals surface area (Å²) in [7, 11) is 0. The molecule has 0 aliphatic heterocycles. The Morgan fingerprint density at radius 1 is 1.37 bits per heavy atom. The van der Waals surface area contributed by atoms with Crippen LogP contribution in [-0.2, 0) is 9.53 Å². The maximum absolute atomic E-state index is 11.6. The lowest BCUT2D eigenvalue weighted by molar-refractivity contribution is -0.154. The van der Waals surface area contributed by atoms with Gasteiger partial charge in [-0.15, -0.1) is 11.8 Å². The smallest absolute Gasteiger partial charge is 0.307 e. The number of hydrogen-bond donors (Lipinski definition) is 1. The minimum Gasteiger partial charge on any atom is -0.460 e. The summed E-state index contributed by atoms with van der Waals surface area (Å²) < 4.78 is 5.24. The van der Waals surface area contributed by atoms with Gasteiger partial charge in [0.05, 0.1) is 12.7 Å². The number of aromatic nitrogens is 4. The van der Waals surface area contributed by atoms with Crippen molar-refractivity contribution in [2.75, 3.05) is 5.75 Å². The summed E-state index contributed by atoms with van der Waals surface area (Å²) in [4.78, 5) is 26.8. The van der Waals surface area contributed by atoms with Crippen LogP contribution in [0.25, 0.3) is 11.2 Å². The Bertz CT molecular complexity index is 576. The number of aromatic amines is 1. The molecule has 7 heteroatoms. The Kier molecular flexibility index (Phi) is 4.04. The lowest BCUT2D eigenvalue weighted by Crippen LogP contribution is -2.24. The molecule has 0 unspecified atom stereocenters. The highest BCUT2D eigenvalue weighted by molar-refractivity contribution is 7.99. The number of nitrogens with one attached hydrogen (secondary N) is 1. The van der Waals surface area contributed by atoms with Gasteiger partial charge < -0.3 is 9.72 Å². The molecule has 0 amide bonds. The molecule has 0 spiro atoms. The van der Waals surface area contributed by atoms with Crippen LogP contribution < -0.4 is 0 Å². The summed E-state index contributed by atoms with van der Waals surface area (Å²) in [5.74, 6) is 0.412. The first-order valence-corrected chi connectivity index (χ1v) is 6.93. The summed E-state index contributed by atoms with van der Waals surface area (Å²) in [6.45, 7) is 5.57. The highest BCUT2D eigenvalue weighted by Crippen LogP contribution is 2.22. The Labute approximate surface area is 115 Å². The fraction of sp³-hybridized carbons (Fsp3) is 0.500. The molecule has 1 N–H and O–H groups in total. The van der Waals surface area contributed by atoms with E-state index in [4.69, 9.17) is 4.74 Å². The first-order chi connectivity index (χ1) is 8.96. The number of hydrogen-bond acceptors (Lipinski definition) is 6. The molecular formula is C12H16N4O2S. The van der Waals surface area contributed by atoms with Gasteiger partial charge in [-0.3, -0.25) is 4.79 Å². The zero-order valence-corrected chi connectivity index (χ0v) is 12.0. The minimum absolute atomic E-state index is 0.199. The molecule has 0 bridgehead atoms. The first kappa shape index (κ1) is 13.8. The lowest BCUT2D eigenvalue weighted by atomic mass is 10.2. The molecule has 0 aliphatic rings. The van der Waals surface area contributed by atoms with Gasteiger partial charge >= 0.3 is 5.97 Å². The van der Waals surface area contributed by atoms with Crippen molar-refractivity contribution >= 4 is 28.9 Å². The molecule has 19 heavy (non-hydrogen) atoms. The van der Waals surface area contributed by atoms with Crippen molar-refractivity contribution in [2.45, 2.75) is 37.8 Å². The van der Waals surface area contributed by atoms with Crippen LogP contribution >= 0.6 is 11.8 Å². The van der Waals surface area contributed by atoms with Crippen LogP contribution in [0.4, 0.5) is 0 Å². The van der Waals surface area contributed by atoms with Crippen LogP contribution in [0.1, 0.15) is 27.2 Å². The van der Waals surface area contributed by atoms with Gasteiger partial charge in [0.15, 0.2) is 5.65 Å². The molecule has 102 valence electrons. The number of nitrogens with zero attached hydrogens (tertiary/aromatic N) is 3. The fourth-order valence-electron chi connectivity index (χ4n) is 1.48. The summed E-state index contributed by atoms with van der Waals surface area (Å²) in [6, 6.07) is 0. The molecule has 0 radical (unpaired) electrons. The first-order valence-electron chi connectivity index (χ1n) is 5.94. The largest absolute Gasteiger partial charge is 0.460 e. The van der Waals surface area contributed by atoms with E-state index in [0.29, 0.717) is 17.8 Å². The van der Waals surface area contributed by atoms with Crippen molar-refractivity contribution in [2.24, 2.45) is 0 Å². The van der Waals surface area contributed by atoms with E-state index < -0.39 is 5.60 Å². The predicted octanol–water partition coefficient (Wildman–Crippen LogP) is 2.18. The monoisotopic (exact) mass is 280 g/mol. The van der Waals surface area contributed by atoms with Gasteiger partial charge in [0.25, 0.3) is 0 Å². The average molecular weight is 280 g/mol. The van der Waals surface area contributed by atoms with E-state index in [-0.39, 0.29) is 5.97 Å². The second-order valence-electron chi connectivity index (χ2n) is 4.96. The third-order valence-electron chi connectivity index (χ3n) is 2.15. The number of ether oxygens (including phenoxy) is 1. The molecule has 0 atom stereocenters. The topological polar surface area (TPSA) is 80.8 Å². The van der Waals surface area contributed by atoms with E-state index in [1.54, 1.807) is 6.33 Å². The van der Waals surface area contributed by atoms with Crippen LogP contribution in [0.5, 0.6) is 0 Å². The van der Waals surface area contributed by atoms with Gasteiger partial charge in [-0.25, -0.2) is 15.0 Å². The number of carbonyl (C=O) groups is 1. The van der Waals surface area contributed by atoms with Crippen LogP contribution in [0.15, 0.2) is 17.7 Å². The molecule has 2 aromatic rings. The van der Waals surface area contributed by atoms with Crippen molar-refractivity contribution in [1.29, 1.82) is 0 Å². The number of imidazole rings is 1. The Hall–Kier alpha value is -1.63. The number of carbonyl (C=O) groups excluding carboxylic acids is 1. The number of fused-ring (bicyclic) bond motifs is 1. The molecule has 0 aromatic carbocycles. The predicted molar refractivity (Wildman–Crippen MR) is 72.9 cm³/mol. The maximum atomic E-state index is 11.6. The molecule has 0 saturated carbocycles. The molecule has 6 nitrogen and oxygen atoms in total. The zero-order valence-electron chi connectivity index (χ0n) is 11.1. The van der Waals surface area contributed by atoms with Gasteiger partial charge in [0.2, 0.25) is 0 Å². The van der Waals surface area contributed by atoms with Crippen molar-refractivity contribution in [3.8, 4) is 0 Å². The standard InChI is InChI=1S/C12H16N4O2S/c1-12(2,3)18-8(17)4-5-19-11-9-10(14-6-13-9)15-7-16-11/h6-7H,4-5H2,1-3H3,(H,13,14,15,16). The van der Waals surface area contributed by atoms with E-state index in [1.165, 1.54) is 18.1 Å². The summed E-state index contributed by atoms with van der Waals surface area (Å²) in [6.07, 6.45) is 3.40. The van der Waals surface area contributed by atoms with Gasteiger partial charge in [-0.2, -0.15) is 0 Å². The number of rotatable bonds is 4. The molecule has 0 fully saturated rings. The van der Waals surface area contributed by atoms with E-state index in [0.717, 1.165) is 10.5 Å². The Morgan fingerprint density at radius 3 is 2.89 bits per heavy atom. The second kappa shape index (κ2) is 5.56. The van der Waals surface area contributed by atoms with Gasteiger partial charge in [0, 0.05) is 5.75 Å². The third-order valence-corrected chi connectivity index (χ3v) is 3.14. The van der Waals surface area contributed by atoms with Crippen LogP contribution in [-0.4, -0.2) is 37.3 Å². The van der Waals surface area contributed by atoms with E-state index in [2.05, 4.69) is 19.9 Å². The fourth-order valence-corrected chi connectivity index (χ4v) is 2.35. The van der Waals surface area contributed by atoms with Crippen molar-refractivity contribution in [1.82, 2.24) is 19.9 Å². The molecular weight excluding hydrogens is 264 g/mol. The summed E-state index contributed by atoms with van der Waals surface area (Å²) in [5, 5.41) is 0.797. The normalized spacial score (nSPS) is 11.7. The van der Waals surface area contributed by atoms with Crippen molar-refractivity contribution in [3.05, 3.63) is 12.7 Å². The van der Waals surface area contributed by atoms with Crippen molar-refractivity contribution < 1.29 is 9.53 Å². The van der Waals surface area contributed by atoms with Gasteiger partial charge in [-0.05, 0) is 20.8 Å². The van der Waals surface area contributed by atoms with Crippen LogP contribution in [0.2, 0.25) is 0 Å². The maximum Gasteiger partial charge on any atom is 0.307 e. The SMILES string of the molecule is CC(C)(C)OC(=O)CCSc1ncnc2nc[nH]c12. The number of esters is 1. The minimum atomic E-state index is -0.437. The average Bonchev–Trinajstić information content (AvgIpc) is 2.75. The Morgan fingerprint density at radius 2 is 2.16 bits per heavy atom. The third kappa shape index (κ3) is 3.92. The van der Waals surface area contributed by atoms with Crippen molar-refractivity contribution in [3.63, 3.8) is 0 Å². The number of thioether (sulfide) groups is 1. The highest BCUT2D eigenvalue weighted by Gasteiger charge is 2.16. The van der Waals surface area contributed by atoms with E-state index >= 15 is 0 Å². The van der Waals surface area contributed by atoms with Crippen LogP contribution in [0, 0.1) is 0 Å².